The Balaban J connectivity index is 1.45. The molecule has 1 saturated carbocycles. The van der Waals surface area contributed by atoms with Crippen molar-refractivity contribution in [2.45, 2.75) is 103 Å². The lowest BCUT2D eigenvalue weighted by Gasteiger charge is -2.39. The second-order valence-electron chi connectivity index (χ2n) is 15.7. The van der Waals surface area contributed by atoms with Crippen molar-refractivity contribution >= 4 is 23.0 Å². The maximum Gasteiger partial charge on any atom is 0.410 e. The molecule has 5 rings (SSSR count). The number of likely N-dealkylation sites (N-methyl/N-ethyl adjacent to an activating group) is 3. The van der Waals surface area contributed by atoms with Crippen molar-refractivity contribution < 1.29 is 24.2 Å². The normalized spacial score (nSPS) is 17.4. The van der Waals surface area contributed by atoms with Crippen LogP contribution in [0.1, 0.15) is 94.1 Å². The highest BCUT2D eigenvalue weighted by atomic mass is 16.6. The topological polar surface area (TPSA) is 87.5 Å². The van der Waals surface area contributed by atoms with Gasteiger partial charge >= 0.3 is 12.1 Å². The Morgan fingerprint density at radius 2 is 1.71 bits per heavy atom. The van der Waals surface area contributed by atoms with E-state index in [1.54, 1.807) is 18.0 Å². The van der Waals surface area contributed by atoms with Crippen LogP contribution in [-0.2, 0) is 11.3 Å². The zero-order valence-corrected chi connectivity index (χ0v) is 30.6. The summed E-state index contributed by atoms with van der Waals surface area (Å²) in [7, 11) is 6.04. The lowest BCUT2D eigenvalue weighted by molar-refractivity contribution is 0.00547. The number of aromatic carboxylic acids is 1. The minimum absolute atomic E-state index is 0.0477. The van der Waals surface area contributed by atoms with Crippen molar-refractivity contribution in [3.05, 3.63) is 53.1 Å². The Kier molecular flexibility index (Phi) is 10.5. The van der Waals surface area contributed by atoms with Crippen LogP contribution < -0.4 is 4.74 Å². The molecule has 1 aliphatic heterocycles. The molecule has 3 aromatic rings. The van der Waals surface area contributed by atoms with Gasteiger partial charge in [0.1, 0.15) is 18.0 Å². The number of carboxylic acid groups (broad SMARTS) is 1. The van der Waals surface area contributed by atoms with Gasteiger partial charge in [-0.2, -0.15) is 0 Å². The molecule has 0 unspecified atom stereocenters. The summed E-state index contributed by atoms with van der Waals surface area (Å²) in [4.78, 5) is 31.3. The Morgan fingerprint density at radius 3 is 2.38 bits per heavy atom. The summed E-state index contributed by atoms with van der Waals surface area (Å²) in [6.07, 6.45) is 5.65. The Labute approximate surface area is 286 Å². The molecule has 9 heteroatoms. The van der Waals surface area contributed by atoms with Crippen molar-refractivity contribution in [3.63, 3.8) is 0 Å². The summed E-state index contributed by atoms with van der Waals surface area (Å²) < 4.78 is 14.7. The quantitative estimate of drug-likeness (QED) is 0.253. The maximum atomic E-state index is 12.8. The number of carbonyl (C=O) groups excluding carboxylic acids is 1. The van der Waals surface area contributed by atoms with Crippen LogP contribution in [0.4, 0.5) is 4.79 Å². The Morgan fingerprint density at radius 1 is 1.00 bits per heavy atom. The van der Waals surface area contributed by atoms with Crippen LogP contribution in [-0.4, -0.2) is 101 Å². The van der Waals surface area contributed by atoms with Gasteiger partial charge < -0.3 is 28.9 Å². The van der Waals surface area contributed by atoms with Crippen molar-refractivity contribution in [1.29, 1.82) is 0 Å². The van der Waals surface area contributed by atoms with Gasteiger partial charge in [0.2, 0.25) is 0 Å². The van der Waals surface area contributed by atoms with Gasteiger partial charge in [-0.3, -0.25) is 4.90 Å². The van der Waals surface area contributed by atoms with E-state index in [0.29, 0.717) is 31.2 Å². The van der Waals surface area contributed by atoms with Gasteiger partial charge in [0.05, 0.1) is 22.8 Å². The van der Waals surface area contributed by atoms with E-state index in [1.165, 1.54) is 36.1 Å². The molecule has 0 saturated heterocycles. The number of carboxylic acids is 1. The number of benzene rings is 2. The first-order chi connectivity index (χ1) is 22.6. The first-order valence-corrected chi connectivity index (χ1v) is 17.5. The number of aryl methyl sites for hydroxylation is 1. The first-order valence-electron chi connectivity index (χ1n) is 17.5. The molecule has 262 valence electrons. The molecular formula is C39H56N4O5. The fourth-order valence-electron chi connectivity index (χ4n) is 7.49. The molecule has 1 fully saturated rings. The van der Waals surface area contributed by atoms with Gasteiger partial charge in [-0.25, -0.2) is 9.59 Å². The van der Waals surface area contributed by atoms with E-state index in [0.717, 1.165) is 48.1 Å². The van der Waals surface area contributed by atoms with Gasteiger partial charge in [0.15, 0.2) is 0 Å². The van der Waals surface area contributed by atoms with Crippen molar-refractivity contribution in [3.8, 4) is 17.0 Å². The van der Waals surface area contributed by atoms with Gasteiger partial charge in [0, 0.05) is 49.7 Å². The van der Waals surface area contributed by atoms with E-state index >= 15 is 0 Å². The predicted octanol–water partition coefficient (Wildman–Crippen LogP) is 7.63. The van der Waals surface area contributed by atoms with Gasteiger partial charge in [0.25, 0.3) is 0 Å². The third kappa shape index (κ3) is 7.68. The summed E-state index contributed by atoms with van der Waals surface area (Å²) in [5.41, 5.74) is 5.15. The largest absolute Gasteiger partial charge is 0.491 e. The van der Waals surface area contributed by atoms with Crippen LogP contribution in [0.3, 0.4) is 0 Å². The molecule has 0 bridgehead atoms. The van der Waals surface area contributed by atoms with Crippen LogP contribution in [0.5, 0.6) is 5.75 Å². The minimum atomic E-state index is -0.908. The first kappa shape index (κ1) is 35.7. The molecule has 1 amide bonds. The smallest absolute Gasteiger partial charge is 0.410 e. The standard InChI is InChI=1S/C39H56N4O5/c1-26-14-13-17-32-33(26)35-34(27-15-11-10-12-16-27)30-19-18-28(36(44)45)22-31(30)43(35)23-29(24-47-32)41(8)21-20-40(7)25-39(5,6)42(9)37(46)48-38(2,3)4/h13-14,17-19,22,27,29H,10-12,15-16,20-21,23-25H2,1-9H3,(H,44,45)/t29-/m1/s1. The van der Waals surface area contributed by atoms with E-state index in [2.05, 4.69) is 67.4 Å². The molecule has 2 aliphatic rings. The number of fused-ring (bicyclic) bond motifs is 5. The molecule has 48 heavy (non-hydrogen) atoms. The van der Waals surface area contributed by atoms with Crippen LogP contribution in [0.15, 0.2) is 36.4 Å². The van der Waals surface area contributed by atoms with Crippen LogP contribution in [0.2, 0.25) is 0 Å². The van der Waals surface area contributed by atoms with Gasteiger partial charge in [-0.1, -0.05) is 37.5 Å². The molecule has 0 spiro atoms. The molecule has 1 aromatic heterocycles. The number of hydrogen-bond acceptors (Lipinski definition) is 6. The second-order valence-corrected chi connectivity index (χ2v) is 15.7. The molecular weight excluding hydrogens is 604 g/mol. The van der Waals surface area contributed by atoms with Crippen molar-refractivity contribution in [2.24, 2.45) is 0 Å². The zero-order valence-electron chi connectivity index (χ0n) is 30.6. The van der Waals surface area contributed by atoms with Crippen molar-refractivity contribution in [1.82, 2.24) is 19.3 Å². The summed E-state index contributed by atoms with van der Waals surface area (Å²) >= 11 is 0. The van der Waals surface area contributed by atoms with Crippen molar-refractivity contribution in [2.75, 3.05) is 47.4 Å². The van der Waals surface area contributed by atoms with Crippen LogP contribution in [0, 0.1) is 6.92 Å². The number of rotatable bonds is 9. The summed E-state index contributed by atoms with van der Waals surface area (Å²) in [5, 5.41) is 11.2. The fraction of sp³-hybridized carbons (Fsp3) is 0.590. The zero-order chi connectivity index (χ0) is 35.0. The fourth-order valence-corrected chi connectivity index (χ4v) is 7.49. The maximum absolute atomic E-state index is 12.8. The number of amides is 1. The van der Waals surface area contributed by atoms with E-state index in [-0.39, 0.29) is 12.1 Å². The number of ether oxygens (including phenoxy) is 2. The molecule has 1 N–H and O–H groups in total. The average molecular weight is 661 g/mol. The lowest BCUT2D eigenvalue weighted by atomic mass is 9.81. The summed E-state index contributed by atoms with van der Waals surface area (Å²) in [6, 6.07) is 12.0. The van der Waals surface area contributed by atoms with Gasteiger partial charge in [-0.15, -0.1) is 0 Å². The summed E-state index contributed by atoms with van der Waals surface area (Å²) in [5.74, 6) is 0.401. The van der Waals surface area contributed by atoms with E-state index in [1.807, 2.05) is 32.9 Å². The highest BCUT2D eigenvalue weighted by Gasteiger charge is 2.34. The second kappa shape index (κ2) is 14.1. The molecule has 1 atom stereocenters. The SMILES string of the molecule is Cc1cccc2c1-c1c(C3CCCCC3)c3ccc(C(=O)O)cc3n1C[C@@H](N(C)CCN(C)CC(C)(C)N(C)C(=O)OC(C)(C)C)CO2. The number of hydrogen-bond donors (Lipinski definition) is 1. The Hall–Kier alpha value is -3.56. The molecule has 9 nitrogen and oxygen atoms in total. The van der Waals surface area contributed by atoms with E-state index in [9.17, 15) is 14.7 Å². The number of carbonyl (C=O) groups is 2. The summed E-state index contributed by atoms with van der Waals surface area (Å²) in [6.45, 7) is 15.4. The third-order valence-electron chi connectivity index (χ3n) is 10.3. The third-order valence-corrected chi connectivity index (χ3v) is 10.3. The number of nitrogens with zero attached hydrogens (tertiary/aromatic N) is 4. The predicted molar refractivity (Wildman–Crippen MR) is 192 cm³/mol. The highest BCUT2D eigenvalue weighted by Crippen LogP contribution is 2.48. The van der Waals surface area contributed by atoms with E-state index in [4.69, 9.17) is 9.47 Å². The van der Waals surface area contributed by atoms with Gasteiger partial charge in [-0.05, 0) is 104 Å². The average Bonchev–Trinajstić information content (AvgIpc) is 3.31. The molecule has 1 aliphatic carbocycles. The molecule has 0 radical (unpaired) electrons. The Bertz CT molecular complexity index is 1630. The van der Waals surface area contributed by atoms with Crippen LogP contribution in [0.25, 0.3) is 22.2 Å². The number of aromatic nitrogens is 1. The molecule has 2 aromatic carbocycles. The molecule has 2 heterocycles. The van der Waals surface area contributed by atoms with E-state index < -0.39 is 17.1 Å². The monoisotopic (exact) mass is 660 g/mol. The minimum Gasteiger partial charge on any atom is -0.491 e. The lowest BCUT2D eigenvalue weighted by Crippen LogP contribution is -2.53. The highest BCUT2D eigenvalue weighted by molar-refractivity contribution is 5.99. The van der Waals surface area contributed by atoms with Crippen LogP contribution >= 0.6 is 0 Å².